The Kier molecular flexibility index (Phi) is 5.09. The van der Waals surface area contributed by atoms with Crippen LogP contribution in [-0.4, -0.2) is 42.1 Å². The molecule has 0 aliphatic heterocycles. The van der Waals surface area contributed by atoms with Crippen LogP contribution in [-0.2, 0) is 9.53 Å². The van der Waals surface area contributed by atoms with Gasteiger partial charge in [0.1, 0.15) is 5.92 Å². The van der Waals surface area contributed by atoms with E-state index >= 15 is 0 Å². The van der Waals surface area contributed by atoms with Gasteiger partial charge in [-0.05, 0) is 18.4 Å². The molecule has 0 radical (unpaired) electrons. The zero-order valence-electron chi connectivity index (χ0n) is 11.6. The Morgan fingerprint density at radius 2 is 2.10 bits per heavy atom. The molecule has 108 valence electrons. The third kappa shape index (κ3) is 3.55. The van der Waals surface area contributed by atoms with Crippen LogP contribution in [0.25, 0.3) is 0 Å². The summed E-state index contributed by atoms with van der Waals surface area (Å²) in [7, 11) is 1.64. The smallest absolute Gasteiger partial charge is 0.237 e. The van der Waals surface area contributed by atoms with E-state index in [1.165, 1.54) is 0 Å². The van der Waals surface area contributed by atoms with Gasteiger partial charge in [-0.15, -0.1) is 0 Å². The number of hydrogen-bond donors (Lipinski definition) is 1. The maximum atomic E-state index is 12.8. The molecule has 0 heterocycles. The lowest BCUT2D eigenvalue weighted by Crippen LogP contribution is -2.42. The zero-order chi connectivity index (χ0) is 14.5. The fraction of sp³-hybridized carbons (Fsp3) is 0.467. The third-order valence-electron chi connectivity index (χ3n) is 3.47. The van der Waals surface area contributed by atoms with Gasteiger partial charge < -0.3 is 15.4 Å². The third-order valence-corrected chi connectivity index (χ3v) is 3.71. The molecule has 1 aliphatic carbocycles. The van der Waals surface area contributed by atoms with E-state index in [1.807, 2.05) is 35.2 Å². The number of rotatable bonds is 7. The van der Waals surface area contributed by atoms with Crippen LogP contribution >= 0.6 is 12.2 Å². The van der Waals surface area contributed by atoms with Crippen LogP contribution in [0.3, 0.4) is 0 Å². The molecular weight excluding hydrogens is 272 g/mol. The molecule has 1 aromatic carbocycles. The van der Waals surface area contributed by atoms with E-state index in [4.69, 9.17) is 22.7 Å². The van der Waals surface area contributed by atoms with Crippen molar-refractivity contribution in [3.05, 3.63) is 35.9 Å². The van der Waals surface area contributed by atoms with Gasteiger partial charge in [0.2, 0.25) is 5.91 Å². The maximum Gasteiger partial charge on any atom is 0.237 e. The fourth-order valence-corrected chi connectivity index (χ4v) is 2.53. The summed E-state index contributed by atoms with van der Waals surface area (Å²) in [6, 6.07) is 9.80. The molecule has 20 heavy (non-hydrogen) atoms. The molecule has 0 saturated heterocycles. The molecule has 1 fully saturated rings. The molecule has 0 aromatic heterocycles. The van der Waals surface area contributed by atoms with E-state index in [0.29, 0.717) is 19.2 Å². The van der Waals surface area contributed by atoms with Crippen molar-refractivity contribution in [2.75, 3.05) is 20.3 Å². The molecule has 5 heteroatoms. The second-order valence-corrected chi connectivity index (χ2v) is 5.47. The van der Waals surface area contributed by atoms with Crippen molar-refractivity contribution in [3.8, 4) is 0 Å². The van der Waals surface area contributed by atoms with E-state index in [2.05, 4.69) is 0 Å². The van der Waals surface area contributed by atoms with E-state index in [9.17, 15) is 4.79 Å². The van der Waals surface area contributed by atoms with Crippen LogP contribution in [0.15, 0.2) is 30.3 Å². The number of nitrogens with zero attached hydrogens (tertiary/aromatic N) is 1. The minimum Gasteiger partial charge on any atom is -0.392 e. The number of nitrogens with two attached hydrogens (primary N) is 1. The zero-order valence-corrected chi connectivity index (χ0v) is 12.4. The van der Waals surface area contributed by atoms with Gasteiger partial charge in [0, 0.05) is 19.7 Å². The number of thiocarbonyl (C=S) groups is 1. The quantitative estimate of drug-likeness (QED) is 0.777. The van der Waals surface area contributed by atoms with Crippen molar-refractivity contribution >= 4 is 23.1 Å². The molecule has 1 unspecified atom stereocenters. The fourth-order valence-electron chi connectivity index (χ4n) is 2.29. The van der Waals surface area contributed by atoms with Gasteiger partial charge in [0.25, 0.3) is 0 Å². The molecule has 1 aromatic rings. The topological polar surface area (TPSA) is 55.6 Å². The van der Waals surface area contributed by atoms with Gasteiger partial charge in [-0.3, -0.25) is 4.79 Å². The highest BCUT2D eigenvalue weighted by Gasteiger charge is 2.37. The van der Waals surface area contributed by atoms with Gasteiger partial charge >= 0.3 is 0 Å². The van der Waals surface area contributed by atoms with Crippen molar-refractivity contribution in [3.63, 3.8) is 0 Å². The average molecular weight is 292 g/mol. The van der Waals surface area contributed by atoms with E-state index < -0.39 is 5.92 Å². The Labute approximate surface area is 124 Å². The van der Waals surface area contributed by atoms with Crippen LogP contribution in [0, 0.1) is 0 Å². The number of benzene rings is 1. The predicted octanol–water partition coefficient (Wildman–Crippen LogP) is 1.69. The maximum absolute atomic E-state index is 12.8. The summed E-state index contributed by atoms with van der Waals surface area (Å²) in [5.41, 5.74) is 6.66. The van der Waals surface area contributed by atoms with Crippen LogP contribution < -0.4 is 5.73 Å². The SMILES string of the molecule is COCCN(C(=O)C(C(N)=S)c1ccccc1)C1CC1. The molecule has 0 spiro atoms. The first-order chi connectivity index (χ1) is 9.65. The number of methoxy groups -OCH3 is 1. The van der Waals surface area contributed by atoms with Crippen molar-refractivity contribution in [2.45, 2.75) is 24.8 Å². The lowest BCUT2D eigenvalue weighted by atomic mass is 9.97. The summed E-state index contributed by atoms with van der Waals surface area (Å²) in [6.45, 7) is 1.12. The Hall–Kier alpha value is -1.46. The normalized spacial score (nSPS) is 15.7. The highest BCUT2D eigenvalue weighted by Crippen LogP contribution is 2.30. The van der Waals surface area contributed by atoms with E-state index in [-0.39, 0.29) is 10.9 Å². The van der Waals surface area contributed by atoms with Gasteiger partial charge in [0.05, 0.1) is 11.6 Å². The van der Waals surface area contributed by atoms with Crippen LogP contribution in [0.1, 0.15) is 24.3 Å². The first kappa shape index (κ1) is 14.9. The average Bonchev–Trinajstić information content (AvgIpc) is 3.25. The molecule has 2 rings (SSSR count). The largest absolute Gasteiger partial charge is 0.392 e. The van der Waals surface area contributed by atoms with Gasteiger partial charge in [-0.25, -0.2) is 0 Å². The second kappa shape index (κ2) is 6.81. The second-order valence-electron chi connectivity index (χ2n) is 5.00. The number of carbonyl (C=O) groups excluding carboxylic acids is 1. The molecule has 1 saturated carbocycles. The minimum atomic E-state index is -0.538. The van der Waals surface area contributed by atoms with Crippen molar-refractivity contribution in [2.24, 2.45) is 5.73 Å². The Bertz CT molecular complexity index is 474. The van der Waals surface area contributed by atoms with Crippen LogP contribution in [0.2, 0.25) is 0 Å². The summed E-state index contributed by atoms with van der Waals surface area (Å²) < 4.78 is 5.09. The van der Waals surface area contributed by atoms with Gasteiger partial charge in [0.15, 0.2) is 0 Å². The predicted molar refractivity (Wildman–Crippen MR) is 82.6 cm³/mol. The van der Waals surface area contributed by atoms with Crippen molar-refractivity contribution < 1.29 is 9.53 Å². The summed E-state index contributed by atoms with van der Waals surface area (Å²) in [5, 5.41) is 0. The number of carbonyl (C=O) groups is 1. The number of hydrogen-bond acceptors (Lipinski definition) is 3. The molecule has 2 N–H and O–H groups in total. The standard InChI is InChI=1S/C15H20N2O2S/c1-19-10-9-17(12-7-8-12)15(18)13(14(16)20)11-5-3-2-4-6-11/h2-6,12-13H,7-10H2,1H3,(H2,16,20). The first-order valence-electron chi connectivity index (χ1n) is 6.79. The molecule has 1 aliphatic rings. The molecule has 0 bridgehead atoms. The first-order valence-corrected chi connectivity index (χ1v) is 7.19. The molecule has 4 nitrogen and oxygen atoms in total. The highest BCUT2D eigenvalue weighted by atomic mass is 32.1. The number of amides is 1. The van der Waals surface area contributed by atoms with Crippen molar-refractivity contribution in [1.82, 2.24) is 4.90 Å². The molecule has 1 amide bonds. The van der Waals surface area contributed by atoms with Crippen LogP contribution in [0.4, 0.5) is 0 Å². The summed E-state index contributed by atoms with van der Waals surface area (Å²) >= 11 is 5.11. The lowest BCUT2D eigenvalue weighted by Gasteiger charge is -2.27. The van der Waals surface area contributed by atoms with E-state index in [0.717, 1.165) is 18.4 Å². The van der Waals surface area contributed by atoms with E-state index in [1.54, 1.807) is 7.11 Å². The molecule has 1 atom stereocenters. The van der Waals surface area contributed by atoms with Crippen LogP contribution in [0.5, 0.6) is 0 Å². The monoisotopic (exact) mass is 292 g/mol. The molecular formula is C15H20N2O2S. The summed E-state index contributed by atoms with van der Waals surface area (Å²) in [5.74, 6) is -0.549. The minimum absolute atomic E-state index is 0.0109. The summed E-state index contributed by atoms with van der Waals surface area (Å²) in [4.78, 5) is 14.9. The Morgan fingerprint density at radius 3 is 2.60 bits per heavy atom. The number of ether oxygens (including phenoxy) is 1. The highest BCUT2D eigenvalue weighted by molar-refractivity contribution is 7.80. The van der Waals surface area contributed by atoms with Crippen molar-refractivity contribution in [1.29, 1.82) is 0 Å². The Morgan fingerprint density at radius 1 is 1.45 bits per heavy atom. The van der Waals surface area contributed by atoms with Gasteiger partial charge in [-0.1, -0.05) is 42.5 Å². The summed E-state index contributed by atoms with van der Waals surface area (Å²) in [6.07, 6.45) is 2.10. The Balaban J connectivity index is 2.19. The lowest BCUT2D eigenvalue weighted by molar-refractivity contribution is -0.132. The van der Waals surface area contributed by atoms with Gasteiger partial charge in [-0.2, -0.15) is 0 Å².